The number of pyridine rings is 1. The lowest BCUT2D eigenvalue weighted by atomic mass is 9.85. The second kappa shape index (κ2) is 24.5. The number of carbonyl (C=O) groups is 3. The molecule has 5 rings (SSSR count). The monoisotopic (exact) mass is 887 g/mol. The van der Waals surface area contributed by atoms with E-state index >= 15 is 0 Å². The lowest BCUT2D eigenvalue weighted by Crippen LogP contribution is -2.59. The number of nitrogens with two attached hydrogens (primary N) is 2. The molecule has 0 atom stereocenters. The van der Waals surface area contributed by atoms with Crippen molar-refractivity contribution in [3.05, 3.63) is 89.7 Å². The van der Waals surface area contributed by atoms with E-state index in [0.29, 0.717) is 102 Å². The molecule has 0 bridgehead atoms. The van der Waals surface area contributed by atoms with Crippen LogP contribution in [0.1, 0.15) is 106 Å². The third kappa shape index (κ3) is 15.9. The number of amides is 2. The molecule has 0 spiro atoms. The first-order valence-corrected chi connectivity index (χ1v) is 22.4. The zero-order valence-electron chi connectivity index (χ0n) is 38.0. The van der Waals surface area contributed by atoms with Gasteiger partial charge in [-0.05, 0) is 125 Å². The van der Waals surface area contributed by atoms with E-state index in [9.17, 15) is 14.4 Å². The van der Waals surface area contributed by atoms with Crippen molar-refractivity contribution >= 4 is 35.3 Å². The minimum atomic E-state index is -0.873. The maximum absolute atomic E-state index is 13.9. The number of aromatic nitrogens is 1. The Bertz CT molecular complexity index is 1990. The quantitative estimate of drug-likeness (QED) is 0.0375. The van der Waals surface area contributed by atoms with E-state index in [1.165, 1.54) is 7.11 Å². The van der Waals surface area contributed by atoms with Gasteiger partial charge in [0.15, 0.2) is 0 Å². The summed E-state index contributed by atoms with van der Waals surface area (Å²) in [6.45, 7) is 10.1. The average molecular weight is 887 g/mol. The highest BCUT2D eigenvalue weighted by Crippen LogP contribution is 2.46. The number of aliphatic imine (C=N–C) groups is 1. The Morgan fingerprint density at radius 2 is 1.44 bits per heavy atom. The summed E-state index contributed by atoms with van der Waals surface area (Å²) in [5.41, 5.74) is 7.69. The number of hydrogen-bond donors (Lipinski definition) is 4. The van der Waals surface area contributed by atoms with Crippen LogP contribution < -0.4 is 26.5 Å². The summed E-state index contributed by atoms with van der Waals surface area (Å²) in [5.74, 6) is 0.882. The van der Waals surface area contributed by atoms with E-state index in [-0.39, 0.29) is 29.6 Å². The van der Waals surface area contributed by atoms with Crippen molar-refractivity contribution in [2.24, 2.45) is 10.7 Å². The molecule has 1 saturated heterocycles. The number of piperidine rings is 1. The Kier molecular flexibility index (Phi) is 18.9. The molecule has 1 aromatic heterocycles. The minimum Gasteiger partial charge on any atom is -0.494 e. The number of esters is 1. The molecule has 6 N–H and O–H groups in total. The van der Waals surface area contributed by atoms with E-state index in [4.69, 9.17) is 34.8 Å². The van der Waals surface area contributed by atoms with Crippen LogP contribution in [-0.4, -0.2) is 117 Å². The predicted molar refractivity (Wildman–Crippen MR) is 244 cm³/mol. The SMILES string of the molecule is COC(=O)CCCOCCOCCOCCCCCCOc1cccc(C2(NC(=O)c3cccc(NC4(C(N)=NC(=[NH2+])c5ccncc5)CCN(C(=O)OC(C)(C)C)CC4)c3)CC2)c1. The molecule has 348 valence electrons. The summed E-state index contributed by atoms with van der Waals surface area (Å²) >= 11 is 0. The van der Waals surface area contributed by atoms with Crippen LogP contribution in [0, 0.1) is 0 Å². The van der Waals surface area contributed by atoms with Gasteiger partial charge in [0, 0.05) is 56.4 Å². The number of nitrogens with zero attached hydrogens (tertiary/aromatic N) is 3. The third-order valence-corrected chi connectivity index (χ3v) is 11.1. The summed E-state index contributed by atoms with van der Waals surface area (Å²) in [7, 11) is 1.38. The molecule has 1 aliphatic heterocycles. The molecule has 2 amide bonds. The summed E-state index contributed by atoms with van der Waals surface area (Å²) in [6, 6.07) is 18.9. The van der Waals surface area contributed by atoms with E-state index in [0.717, 1.165) is 49.8 Å². The fourth-order valence-electron chi connectivity index (χ4n) is 7.28. The van der Waals surface area contributed by atoms with E-state index in [1.807, 2.05) is 63.2 Å². The number of benzene rings is 2. The summed E-state index contributed by atoms with van der Waals surface area (Å²) < 4.78 is 33.0. The molecule has 16 heteroatoms. The first kappa shape index (κ1) is 49.4. The molecule has 64 heavy (non-hydrogen) atoms. The highest BCUT2D eigenvalue weighted by atomic mass is 16.6. The normalized spacial score (nSPS) is 15.5. The molecular weight excluding hydrogens is 819 g/mol. The topological polar surface area (TPSA) is 211 Å². The van der Waals surface area contributed by atoms with Crippen molar-refractivity contribution in [3.63, 3.8) is 0 Å². The van der Waals surface area contributed by atoms with Crippen LogP contribution in [0.15, 0.2) is 78.0 Å². The molecule has 0 radical (unpaired) electrons. The van der Waals surface area contributed by atoms with Crippen molar-refractivity contribution in [2.45, 2.75) is 102 Å². The van der Waals surface area contributed by atoms with Gasteiger partial charge in [0.2, 0.25) is 5.84 Å². The lowest BCUT2D eigenvalue weighted by Gasteiger charge is -2.41. The highest BCUT2D eigenvalue weighted by Gasteiger charge is 2.46. The van der Waals surface area contributed by atoms with Crippen molar-refractivity contribution in [3.8, 4) is 5.75 Å². The number of methoxy groups -OCH3 is 1. The first-order chi connectivity index (χ1) is 30.8. The molecule has 0 unspecified atom stereocenters. The van der Waals surface area contributed by atoms with Gasteiger partial charge < -0.3 is 49.7 Å². The van der Waals surface area contributed by atoms with Gasteiger partial charge in [-0.1, -0.05) is 24.6 Å². The van der Waals surface area contributed by atoms with Crippen molar-refractivity contribution in [1.29, 1.82) is 0 Å². The Hall–Kier alpha value is -5.58. The van der Waals surface area contributed by atoms with Gasteiger partial charge in [-0.2, -0.15) is 0 Å². The van der Waals surface area contributed by atoms with Gasteiger partial charge in [0.05, 0.1) is 51.2 Å². The highest BCUT2D eigenvalue weighted by molar-refractivity contribution is 6.06. The van der Waals surface area contributed by atoms with Crippen molar-refractivity contribution in [2.75, 3.05) is 71.8 Å². The number of amidine groups is 2. The molecule has 2 heterocycles. The van der Waals surface area contributed by atoms with Crippen molar-refractivity contribution < 1.29 is 48.2 Å². The molecule has 1 aliphatic carbocycles. The molecule has 1 saturated carbocycles. The van der Waals surface area contributed by atoms with E-state index < -0.39 is 16.7 Å². The maximum Gasteiger partial charge on any atom is 0.410 e. The zero-order valence-corrected chi connectivity index (χ0v) is 38.0. The number of unbranched alkanes of at least 4 members (excludes halogenated alkanes) is 3. The molecule has 3 aromatic rings. The van der Waals surface area contributed by atoms with Crippen LogP contribution in [0.4, 0.5) is 10.5 Å². The first-order valence-electron chi connectivity index (χ1n) is 22.4. The number of rotatable bonds is 25. The number of nitrogens with one attached hydrogen (secondary N) is 2. The van der Waals surface area contributed by atoms with E-state index in [2.05, 4.69) is 25.3 Å². The average Bonchev–Trinajstić information content (AvgIpc) is 4.07. The number of carbonyl (C=O) groups excluding carboxylic acids is 3. The number of likely N-dealkylation sites (tertiary alicyclic amines) is 1. The fourth-order valence-corrected chi connectivity index (χ4v) is 7.28. The minimum absolute atomic E-state index is 0.190. The summed E-state index contributed by atoms with van der Waals surface area (Å²) in [6.07, 6.45) is 10.4. The largest absolute Gasteiger partial charge is 0.494 e. The Balaban J connectivity index is 1.07. The van der Waals surface area contributed by atoms with Gasteiger partial charge in [-0.25, -0.2) is 4.79 Å². The van der Waals surface area contributed by atoms with Crippen LogP contribution in [0.2, 0.25) is 0 Å². The van der Waals surface area contributed by atoms with E-state index in [1.54, 1.807) is 35.5 Å². The molecule has 2 aliphatic rings. The number of hydrogen-bond acceptors (Lipinski definition) is 11. The van der Waals surface area contributed by atoms with Crippen LogP contribution in [0.5, 0.6) is 5.75 Å². The van der Waals surface area contributed by atoms with Gasteiger partial charge in [0.25, 0.3) is 5.91 Å². The third-order valence-electron chi connectivity index (χ3n) is 11.1. The maximum atomic E-state index is 13.9. The molecule has 2 aromatic carbocycles. The van der Waals surface area contributed by atoms with Crippen LogP contribution >= 0.6 is 0 Å². The second-order valence-electron chi connectivity index (χ2n) is 17.2. The lowest BCUT2D eigenvalue weighted by molar-refractivity contribution is -0.141. The Labute approximate surface area is 377 Å². The smallest absolute Gasteiger partial charge is 0.410 e. The molecule has 2 fully saturated rings. The van der Waals surface area contributed by atoms with Gasteiger partial charge in [-0.3, -0.25) is 20.0 Å². The number of anilines is 1. The predicted octanol–water partition coefficient (Wildman–Crippen LogP) is 5.19. The van der Waals surface area contributed by atoms with Gasteiger partial charge in [0.1, 0.15) is 16.9 Å². The molecule has 16 nitrogen and oxygen atoms in total. The summed E-state index contributed by atoms with van der Waals surface area (Å²) in [5, 5.41) is 13.3. The Morgan fingerprint density at radius 3 is 2.09 bits per heavy atom. The van der Waals surface area contributed by atoms with Crippen LogP contribution in [0.25, 0.3) is 0 Å². The zero-order chi connectivity index (χ0) is 45.8. The molecular formula is C48H68N7O9+. The van der Waals surface area contributed by atoms with Gasteiger partial charge in [-0.15, -0.1) is 0 Å². The standard InChI is InChI=1S/C48H67N7O9/c1-46(2,3)64-45(58)55-25-21-48(22-26-55,44(50)52-42(49)36-17-23-51-24-18-36)53-39-14-9-12-37(34-39)43(57)54-47(19-20-47)38-13-10-15-40(35-38)63-29-8-6-5-7-27-60-30-32-62-33-31-61-28-11-16-41(56)59-4/h9-10,12-15,17-18,23-24,34-35,53H,5-8,11,16,19-22,25-33H2,1-4H3,(H,54,57)(H3,49,50,52)/p+1. The van der Waals surface area contributed by atoms with Crippen molar-refractivity contribution in [1.82, 2.24) is 15.2 Å². The number of ether oxygens (including phenoxy) is 6. The fraction of sp³-hybridized carbons (Fsp3) is 0.542. The second-order valence-corrected chi connectivity index (χ2v) is 17.2. The summed E-state index contributed by atoms with van der Waals surface area (Å²) in [4.78, 5) is 48.3. The van der Waals surface area contributed by atoms with Gasteiger partial charge >= 0.3 is 17.9 Å². The van der Waals surface area contributed by atoms with Crippen LogP contribution in [-0.2, 0) is 34.0 Å². The Morgan fingerprint density at radius 1 is 0.797 bits per heavy atom. The van der Waals surface area contributed by atoms with Crippen LogP contribution in [0.3, 0.4) is 0 Å².